The smallest absolute Gasteiger partial charge is 0.311 e. The summed E-state index contributed by atoms with van der Waals surface area (Å²) in [7, 11) is 1.50. The number of ether oxygens (including phenoxy) is 1. The average Bonchev–Trinajstić information content (AvgIpc) is 3.03. The molecule has 5 aliphatic rings. The van der Waals surface area contributed by atoms with E-state index in [-0.39, 0.29) is 34.4 Å². The van der Waals surface area contributed by atoms with Gasteiger partial charge in [0.05, 0.1) is 12.5 Å². The van der Waals surface area contributed by atoms with Crippen molar-refractivity contribution >= 4 is 5.97 Å². The van der Waals surface area contributed by atoms with Gasteiger partial charge in [0.1, 0.15) is 23.0 Å². The Hall–Kier alpha value is -4.45. The summed E-state index contributed by atoms with van der Waals surface area (Å²) in [4.78, 5) is 13.3. The zero-order valence-electron chi connectivity index (χ0n) is 26.2. The number of aromatic hydroxyl groups is 4. The second kappa shape index (κ2) is 10.5. The van der Waals surface area contributed by atoms with Gasteiger partial charge in [0, 0.05) is 25.7 Å². The first kappa shape index (κ1) is 29.0. The minimum atomic E-state index is -0.467. The van der Waals surface area contributed by atoms with E-state index in [1.165, 1.54) is 7.11 Å². The zero-order chi connectivity index (χ0) is 31.8. The van der Waals surface area contributed by atoms with Gasteiger partial charge in [-0.25, -0.2) is 0 Å². The maximum absolute atomic E-state index is 13.3. The number of para-hydroxylation sites is 3. The molecule has 6 heteroatoms. The van der Waals surface area contributed by atoms with Gasteiger partial charge in [0.15, 0.2) is 0 Å². The predicted molar refractivity (Wildman–Crippen MR) is 174 cm³/mol. The highest BCUT2D eigenvalue weighted by molar-refractivity contribution is 5.78. The number of fused-ring (bicyclic) bond motifs is 8. The molecule has 46 heavy (non-hydrogen) atoms. The van der Waals surface area contributed by atoms with Gasteiger partial charge in [-0.2, -0.15) is 0 Å². The SMILES string of the molecule is COC(=O)C12C[C@H]3C[C@@H](C1)CC(c1cc4c(O)c(c1)Cc1cccc(c1O)Cc1cccc(c1O)Cc1cccc(c1O)C4)(C3)C2. The van der Waals surface area contributed by atoms with E-state index in [0.717, 1.165) is 55.2 Å². The Kier molecular flexibility index (Phi) is 6.65. The number of esters is 1. The van der Waals surface area contributed by atoms with Crippen LogP contribution in [0.3, 0.4) is 0 Å². The minimum Gasteiger partial charge on any atom is -0.507 e. The van der Waals surface area contributed by atoms with Crippen LogP contribution < -0.4 is 0 Å². The molecule has 0 aromatic heterocycles. The monoisotopic (exact) mass is 616 g/mol. The van der Waals surface area contributed by atoms with Crippen LogP contribution in [-0.4, -0.2) is 33.5 Å². The van der Waals surface area contributed by atoms with E-state index in [1.807, 2.05) is 54.6 Å². The van der Waals surface area contributed by atoms with Crippen molar-refractivity contribution in [2.45, 2.75) is 69.6 Å². The van der Waals surface area contributed by atoms with Crippen molar-refractivity contribution in [3.05, 3.63) is 117 Å². The number of methoxy groups -OCH3 is 1. The summed E-state index contributed by atoms with van der Waals surface area (Å²) >= 11 is 0. The van der Waals surface area contributed by atoms with Crippen molar-refractivity contribution in [3.63, 3.8) is 0 Å². The fourth-order valence-electron chi connectivity index (χ4n) is 10.0. The van der Waals surface area contributed by atoms with E-state index < -0.39 is 5.41 Å². The standard InChI is InChI=1S/C40H40O6/c1-46-38(45)40-20-23-11-24(21-40)19-39(18-23,22-40)33-16-31-14-29-9-3-7-27(35(29)42)12-25-5-2-6-26(34(25)41)13-28-8-4-10-30(36(28)43)15-32(17-33)37(31)44/h2-10,16-17,23-24,41-44H,11-15,18-22H2,1H3/t23-,24+,39?,40?. The second-order valence-electron chi connectivity index (χ2n) is 14.6. The Labute approximate surface area is 269 Å². The largest absolute Gasteiger partial charge is 0.507 e. The number of carbonyl (C=O) groups is 1. The number of phenols is 4. The molecule has 4 saturated carbocycles. The lowest BCUT2D eigenvalue weighted by Gasteiger charge is -2.61. The van der Waals surface area contributed by atoms with Crippen LogP contribution in [0, 0.1) is 17.3 Å². The van der Waals surface area contributed by atoms with Crippen LogP contribution in [0.15, 0.2) is 66.7 Å². The quantitative estimate of drug-likeness (QED) is 0.156. The Bertz CT molecular complexity index is 1780. The van der Waals surface area contributed by atoms with Gasteiger partial charge in [-0.3, -0.25) is 4.79 Å². The first-order chi connectivity index (χ1) is 22.2. The lowest BCUT2D eigenvalue weighted by atomic mass is 9.43. The molecule has 0 spiro atoms. The molecule has 2 unspecified atom stereocenters. The van der Waals surface area contributed by atoms with Crippen molar-refractivity contribution in [1.29, 1.82) is 0 Å². The fraction of sp³-hybridized carbons (Fsp3) is 0.375. The van der Waals surface area contributed by atoms with Crippen LogP contribution in [0.25, 0.3) is 0 Å². The van der Waals surface area contributed by atoms with Crippen LogP contribution in [-0.2, 0) is 40.6 Å². The van der Waals surface area contributed by atoms with Gasteiger partial charge in [0.25, 0.3) is 0 Å². The van der Waals surface area contributed by atoms with Gasteiger partial charge in [-0.05, 0) is 106 Å². The molecule has 6 nitrogen and oxygen atoms in total. The zero-order valence-corrected chi connectivity index (χ0v) is 26.2. The first-order valence-corrected chi connectivity index (χ1v) is 16.5. The summed E-state index contributed by atoms with van der Waals surface area (Å²) in [5.74, 6) is 1.48. The lowest BCUT2D eigenvalue weighted by Crippen LogP contribution is -2.57. The van der Waals surface area contributed by atoms with E-state index in [1.54, 1.807) is 0 Å². The van der Waals surface area contributed by atoms with E-state index in [0.29, 0.717) is 70.9 Å². The van der Waals surface area contributed by atoms with Crippen LogP contribution >= 0.6 is 0 Å². The maximum Gasteiger partial charge on any atom is 0.311 e. The summed E-state index contributed by atoms with van der Waals surface area (Å²) in [6.45, 7) is 0. The third-order valence-electron chi connectivity index (χ3n) is 11.7. The number of benzene rings is 4. The van der Waals surface area contributed by atoms with E-state index in [2.05, 4.69) is 12.1 Å². The summed E-state index contributed by atoms with van der Waals surface area (Å²) in [6.07, 6.45) is 6.98. The molecule has 0 heterocycles. The highest BCUT2D eigenvalue weighted by atomic mass is 16.5. The Morgan fingerprint density at radius 1 is 0.609 bits per heavy atom. The molecule has 12 bridgehead atoms. The lowest BCUT2D eigenvalue weighted by molar-refractivity contribution is -0.171. The highest BCUT2D eigenvalue weighted by Gasteiger charge is 2.61. The molecule has 0 saturated heterocycles. The number of rotatable bonds is 2. The molecule has 0 aliphatic heterocycles. The van der Waals surface area contributed by atoms with E-state index in [9.17, 15) is 25.2 Å². The molecule has 5 aliphatic carbocycles. The Balaban J connectivity index is 1.31. The average molecular weight is 617 g/mol. The molecule has 236 valence electrons. The van der Waals surface area contributed by atoms with E-state index >= 15 is 0 Å². The number of carbonyl (C=O) groups excluding carboxylic acids is 1. The minimum absolute atomic E-state index is 0.0917. The third-order valence-corrected chi connectivity index (χ3v) is 11.7. The molecule has 0 amide bonds. The summed E-state index contributed by atoms with van der Waals surface area (Å²) in [5.41, 5.74) is 6.06. The van der Waals surface area contributed by atoms with Crippen molar-refractivity contribution in [3.8, 4) is 23.0 Å². The van der Waals surface area contributed by atoms with Gasteiger partial charge < -0.3 is 25.2 Å². The first-order valence-electron chi connectivity index (χ1n) is 16.5. The summed E-state index contributed by atoms with van der Waals surface area (Å²) in [6, 6.07) is 21.2. The van der Waals surface area contributed by atoms with Gasteiger partial charge >= 0.3 is 5.97 Å². The van der Waals surface area contributed by atoms with Crippen LogP contribution in [0.2, 0.25) is 0 Å². The fourth-order valence-corrected chi connectivity index (χ4v) is 10.0. The number of hydrogen-bond donors (Lipinski definition) is 4. The molecule has 4 atom stereocenters. The molecule has 4 aromatic carbocycles. The summed E-state index contributed by atoms with van der Waals surface area (Å²) < 4.78 is 5.40. The Morgan fingerprint density at radius 3 is 1.37 bits per heavy atom. The van der Waals surface area contributed by atoms with Gasteiger partial charge in [-0.15, -0.1) is 0 Å². The van der Waals surface area contributed by atoms with Gasteiger partial charge in [0.2, 0.25) is 0 Å². The number of phenolic OH excluding ortho intramolecular Hbond substituents is 4. The van der Waals surface area contributed by atoms with E-state index in [4.69, 9.17) is 4.74 Å². The van der Waals surface area contributed by atoms with Crippen LogP contribution in [0.4, 0.5) is 0 Å². The highest BCUT2D eigenvalue weighted by Crippen LogP contribution is 2.66. The molecule has 9 rings (SSSR count). The number of hydrogen-bond acceptors (Lipinski definition) is 6. The summed E-state index contributed by atoms with van der Waals surface area (Å²) in [5, 5.41) is 46.1. The third kappa shape index (κ3) is 4.56. The molecule has 4 N–H and O–H groups in total. The van der Waals surface area contributed by atoms with Gasteiger partial charge in [-0.1, -0.05) is 66.7 Å². The van der Waals surface area contributed by atoms with Crippen molar-refractivity contribution < 1.29 is 30.0 Å². The Morgan fingerprint density at radius 2 is 0.978 bits per heavy atom. The normalized spacial score (nSPS) is 26.1. The maximum atomic E-state index is 13.3. The van der Waals surface area contributed by atoms with Crippen molar-refractivity contribution in [1.82, 2.24) is 0 Å². The van der Waals surface area contributed by atoms with Crippen LogP contribution in [0.5, 0.6) is 23.0 Å². The molecule has 4 aromatic rings. The second-order valence-corrected chi connectivity index (χ2v) is 14.6. The predicted octanol–water partition coefficient (Wildman–Crippen LogP) is 7.20. The molecule has 0 radical (unpaired) electrons. The topological polar surface area (TPSA) is 107 Å². The molecule has 4 fully saturated rings. The molecular weight excluding hydrogens is 576 g/mol. The van der Waals surface area contributed by atoms with Crippen molar-refractivity contribution in [2.75, 3.05) is 7.11 Å². The van der Waals surface area contributed by atoms with Crippen molar-refractivity contribution in [2.24, 2.45) is 17.3 Å². The van der Waals surface area contributed by atoms with Crippen LogP contribution in [0.1, 0.15) is 88.6 Å². The molecular formula is C40H40O6.